The van der Waals surface area contributed by atoms with Crippen molar-refractivity contribution >= 4 is 9.05 Å². The van der Waals surface area contributed by atoms with E-state index in [-0.39, 0.29) is 0 Å². The molecule has 0 radical (unpaired) electrons. The first-order valence-corrected chi connectivity index (χ1v) is 17.8. The molecule has 30 heavy (non-hydrogen) atoms. The molecule has 0 aliphatic carbocycles. The molecule has 182 valence electrons. The van der Waals surface area contributed by atoms with Crippen LogP contribution in [-0.4, -0.2) is 48.7 Å². The molecule has 0 unspecified atom stereocenters. The van der Waals surface area contributed by atoms with E-state index in [0.29, 0.717) is 39.6 Å². The van der Waals surface area contributed by atoms with E-state index in [1.807, 2.05) is 0 Å². The molecular weight excluding hydrogens is 484 g/mol. The second-order valence-electron chi connectivity index (χ2n) is 7.25. The van der Waals surface area contributed by atoms with Crippen LogP contribution in [0.25, 0.3) is 0 Å². The second-order valence-corrected chi connectivity index (χ2v) is 15.4. The van der Waals surface area contributed by atoms with Gasteiger partial charge >= 0.3 is 194 Å². The Bertz CT molecular complexity index is 329. The molecule has 0 aromatic rings. The van der Waals surface area contributed by atoms with Gasteiger partial charge in [-0.25, -0.2) is 0 Å². The van der Waals surface area contributed by atoms with Gasteiger partial charge in [0.1, 0.15) is 0 Å². The average Bonchev–Trinajstić information content (AvgIpc) is 2.75. The number of rotatable bonds is 23. The van der Waals surface area contributed by atoms with Gasteiger partial charge in [0.15, 0.2) is 0 Å². The Morgan fingerprint density at radius 1 is 0.467 bits per heavy atom. The topological polar surface area (TPSA) is 64.6 Å². The first-order valence-electron chi connectivity index (χ1n) is 12.1. The Morgan fingerprint density at radius 3 is 1.07 bits per heavy atom. The van der Waals surface area contributed by atoms with E-state index in [2.05, 4.69) is 41.5 Å². The van der Waals surface area contributed by atoms with Crippen molar-refractivity contribution in [2.75, 3.05) is 39.6 Å². The summed E-state index contributed by atoms with van der Waals surface area (Å²) in [6.07, 6.45) is 8.36. The van der Waals surface area contributed by atoms with Gasteiger partial charge in [-0.1, -0.05) is 0 Å². The molecule has 0 heterocycles. The standard InChI is InChI=1S/C12H27O4Si.3C3H7O.Zr/c1-4-7-10-14-17(13,15-11-8-5-2)16-12-9-6-3;3*1-2-3-4;/h4-12H2,1-3H3;3*2-3H2,1H3;/q4*-1;+4. The van der Waals surface area contributed by atoms with Crippen molar-refractivity contribution in [2.45, 2.75) is 99.3 Å². The first kappa shape index (κ1) is 30.8. The van der Waals surface area contributed by atoms with Crippen molar-refractivity contribution in [1.82, 2.24) is 0 Å². The minimum atomic E-state index is -4.41. The predicted molar refractivity (Wildman–Crippen MR) is 118 cm³/mol. The molecule has 0 rings (SSSR count). The van der Waals surface area contributed by atoms with Gasteiger partial charge in [-0.05, 0) is 0 Å². The molecule has 0 aromatic carbocycles. The SMILES string of the molecule is CCCCO[Si](OCCCC)(OCCCC)[O][Zr]([O]CCC)([O]CCC)[O]CCC. The zero-order chi connectivity index (χ0) is 22.6. The number of unbranched alkanes of at least 4 members (excludes halogenated alkanes) is 3. The fourth-order valence-electron chi connectivity index (χ4n) is 2.29. The fourth-order valence-corrected chi connectivity index (χ4v) is 13.2. The molecule has 0 amide bonds. The van der Waals surface area contributed by atoms with Crippen LogP contribution in [0.4, 0.5) is 0 Å². The van der Waals surface area contributed by atoms with Crippen LogP contribution in [0.15, 0.2) is 0 Å². The van der Waals surface area contributed by atoms with E-state index >= 15 is 0 Å². The first-order chi connectivity index (χ1) is 14.6. The van der Waals surface area contributed by atoms with Gasteiger partial charge in [-0.15, -0.1) is 0 Å². The van der Waals surface area contributed by atoms with Crippen LogP contribution < -0.4 is 0 Å². The summed E-state index contributed by atoms with van der Waals surface area (Å²) in [5.41, 5.74) is 0. The molecule has 0 saturated heterocycles. The van der Waals surface area contributed by atoms with Crippen LogP contribution >= 0.6 is 0 Å². The van der Waals surface area contributed by atoms with E-state index < -0.39 is 31.1 Å². The van der Waals surface area contributed by atoms with Gasteiger partial charge in [-0.3, -0.25) is 0 Å². The van der Waals surface area contributed by atoms with Crippen LogP contribution in [0, 0.1) is 0 Å². The summed E-state index contributed by atoms with van der Waals surface area (Å²) >= 11 is -4.41. The summed E-state index contributed by atoms with van der Waals surface area (Å²) in [5.74, 6) is 0. The molecular formula is C21H48O7SiZr. The van der Waals surface area contributed by atoms with Crippen molar-refractivity contribution in [3.8, 4) is 0 Å². The van der Waals surface area contributed by atoms with Crippen LogP contribution in [0.5, 0.6) is 0 Å². The third-order valence-electron chi connectivity index (χ3n) is 4.03. The van der Waals surface area contributed by atoms with Crippen molar-refractivity contribution in [3.05, 3.63) is 0 Å². The minimum absolute atomic E-state index is 0.521. The predicted octanol–water partition coefficient (Wildman–Crippen LogP) is 5.98. The van der Waals surface area contributed by atoms with Crippen LogP contribution in [0.3, 0.4) is 0 Å². The Hall–Kier alpha value is 0.820. The van der Waals surface area contributed by atoms with Crippen molar-refractivity contribution in [2.24, 2.45) is 0 Å². The Balaban J connectivity index is 5.77. The van der Waals surface area contributed by atoms with Gasteiger partial charge in [-0.2, -0.15) is 0 Å². The van der Waals surface area contributed by atoms with Gasteiger partial charge in [0.05, 0.1) is 0 Å². The normalized spacial score (nSPS) is 12.6. The molecule has 9 heteroatoms. The van der Waals surface area contributed by atoms with Gasteiger partial charge in [0, 0.05) is 0 Å². The van der Waals surface area contributed by atoms with Crippen molar-refractivity contribution in [1.29, 1.82) is 0 Å². The fraction of sp³-hybridized carbons (Fsp3) is 1.00. The summed E-state index contributed by atoms with van der Waals surface area (Å²) in [4.78, 5) is 0. The third-order valence-corrected chi connectivity index (χ3v) is 14.0. The van der Waals surface area contributed by atoms with Crippen LogP contribution in [-0.2, 0) is 46.2 Å². The summed E-state index contributed by atoms with van der Waals surface area (Å²) < 4.78 is 43.9. The Labute approximate surface area is 193 Å². The van der Waals surface area contributed by atoms with E-state index in [4.69, 9.17) is 24.2 Å². The van der Waals surface area contributed by atoms with Crippen LogP contribution in [0.2, 0.25) is 0 Å². The molecule has 0 aliphatic rings. The zero-order valence-electron chi connectivity index (χ0n) is 20.5. The molecule has 7 nitrogen and oxygen atoms in total. The van der Waals surface area contributed by atoms with Gasteiger partial charge < -0.3 is 0 Å². The molecule has 0 N–H and O–H groups in total. The van der Waals surface area contributed by atoms with E-state index in [9.17, 15) is 0 Å². The molecule has 0 aliphatic heterocycles. The van der Waals surface area contributed by atoms with Crippen molar-refractivity contribution in [3.63, 3.8) is 0 Å². The molecule has 0 bridgehead atoms. The van der Waals surface area contributed by atoms with Gasteiger partial charge in [0.25, 0.3) is 0 Å². The van der Waals surface area contributed by atoms with Crippen LogP contribution in [0.1, 0.15) is 99.3 Å². The third kappa shape index (κ3) is 14.1. The average molecular weight is 532 g/mol. The summed E-state index contributed by atoms with van der Waals surface area (Å²) in [5, 5.41) is 0. The molecule has 0 spiro atoms. The Morgan fingerprint density at radius 2 is 0.800 bits per heavy atom. The molecule has 0 aromatic heterocycles. The summed E-state index contributed by atoms with van der Waals surface area (Å²) in [7, 11) is -3.47. The molecule has 0 fully saturated rings. The number of hydrogen-bond acceptors (Lipinski definition) is 7. The Kier molecular flexibility index (Phi) is 21.0. The second kappa shape index (κ2) is 20.4. The summed E-state index contributed by atoms with van der Waals surface area (Å²) in [6.45, 7) is 15.7. The maximum absolute atomic E-state index is 6.59. The van der Waals surface area contributed by atoms with E-state index in [1.165, 1.54) is 0 Å². The maximum atomic E-state index is 6.59. The molecule has 0 atom stereocenters. The van der Waals surface area contributed by atoms with Gasteiger partial charge in [0.2, 0.25) is 0 Å². The quantitative estimate of drug-likeness (QED) is 0.119. The van der Waals surface area contributed by atoms with Crippen molar-refractivity contribution < 1.29 is 46.2 Å². The zero-order valence-corrected chi connectivity index (χ0v) is 23.9. The monoisotopic (exact) mass is 530 g/mol. The van der Waals surface area contributed by atoms with E-state index in [1.54, 1.807) is 0 Å². The van der Waals surface area contributed by atoms with E-state index in [0.717, 1.165) is 57.8 Å². The summed E-state index contributed by atoms with van der Waals surface area (Å²) in [6, 6.07) is 0. The number of hydrogen-bond donors (Lipinski definition) is 0. The molecule has 0 saturated carbocycles.